The molecule has 5 nitrogen and oxygen atoms in total. The number of aryl methyl sites for hydroxylation is 1. The van der Waals surface area contributed by atoms with E-state index in [1.165, 1.54) is 0 Å². The quantitative estimate of drug-likeness (QED) is 0.894. The number of benzene rings is 1. The highest BCUT2D eigenvalue weighted by Crippen LogP contribution is 2.24. The maximum atomic E-state index is 12.1. The van der Waals surface area contributed by atoms with Crippen molar-refractivity contribution in [2.45, 2.75) is 25.8 Å². The minimum absolute atomic E-state index is 0.0797. The Morgan fingerprint density at radius 3 is 2.78 bits per heavy atom. The lowest BCUT2D eigenvalue weighted by Crippen LogP contribution is -2.25. The minimum atomic E-state index is -0.0797. The first kappa shape index (κ1) is 11.0. The standard InChI is InChI=1S/C13H13N3O2/c1-8-15-16-13(18-8)11-5-3-2-4-10(11)12(17)14-9-6-7-9/h2-5,9H,6-7H2,1H3,(H,14,17). The molecule has 1 aliphatic carbocycles. The molecule has 18 heavy (non-hydrogen) atoms. The highest BCUT2D eigenvalue weighted by Gasteiger charge is 2.25. The topological polar surface area (TPSA) is 68.0 Å². The molecule has 0 radical (unpaired) electrons. The van der Waals surface area contributed by atoms with Gasteiger partial charge in [0.2, 0.25) is 11.8 Å². The van der Waals surface area contributed by atoms with Gasteiger partial charge in [0, 0.05) is 13.0 Å². The molecule has 1 aliphatic rings. The molecule has 3 rings (SSSR count). The number of rotatable bonds is 3. The molecule has 1 amide bonds. The van der Waals surface area contributed by atoms with Gasteiger partial charge < -0.3 is 9.73 Å². The van der Waals surface area contributed by atoms with E-state index in [0.29, 0.717) is 29.0 Å². The molecule has 0 bridgehead atoms. The van der Waals surface area contributed by atoms with E-state index in [1.807, 2.05) is 18.2 Å². The van der Waals surface area contributed by atoms with Crippen LogP contribution in [0.1, 0.15) is 29.1 Å². The zero-order valence-electron chi connectivity index (χ0n) is 10.0. The van der Waals surface area contributed by atoms with Crippen molar-refractivity contribution in [3.8, 4) is 11.5 Å². The zero-order valence-corrected chi connectivity index (χ0v) is 10.0. The summed E-state index contributed by atoms with van der Waals surface area (Å²) in [5, 5.41) is 10.7. The molecule has 1 saturated carbocycles. The van der Waals surface area contributed by atoms with E-state index in [9.17, 15) is 4.79 Å². The van der Waals surface area contributed by atoms with Crippen LogP contribution in [0.15, 0.2) is 28.7 Å². The molecular weight excluding hydrogens is 230 g/mol. The Morgan fingerprint density at radius 2 is 2.11 bits per heavy atom. The van der Waals surface area contributed by atoms with Gasteiger partial charge in [-0.2, -0.15) is 0 Å². The predicted octanol–water partition coefficient (Wildman–Crippen LogP) is 1.94. The molecule has 2 aromatic rings. The molecule has 1 heterocycles. The summed E-state index contributed by atoms with van der Waals surface area (Å²) >= 11 is 0. The zero-order chi connectivity index (χ0) is 12.5. The van der Waals surface area contributed by atoms with Gasteiger partial charge in [-0.15, -0.1) is 10.2 Å². The van der Waals surface area contributed by atoms with Crippen molar-refractivity contribution < 1.29 is 9.21 Å². The summed E-state index contributed by atoms with van der Waals surface area (Å²) in [6.45, 7) is 1.73. The Labute approximate surface area is 104 Å². The maximum absolute atomic E-state index is 12.1. The number of carbonyl (C=O) groups is 1. The van der Waals surface area contributed by atoms with Crippen molar-refractivity contribution in [3.63, 3.8) is 0 Å². The lowest BCUT2D eigenvalue weighted by molar-refractivity contribution is 0.0951. The van der Waals surface area contributed by atoms with Gasteiger partial charge >= 0.3 is 0 Å². The summed E-state index contributed by atoms with van der Waals surface area (Å²) in [6, 6.07) is 7.59. The van der Waals surface area contributed by atoms with Gasteiger partial charge in [-0.1, -0.05) is 12.1 Å². The van der Waals surface area contributed by atoms with E-state index < -0.39 is 0 Å². The lowest BCUT2D eigenvalue weighted by atomic mass is 10.1. The van der Waals surface area contributed by atoms with Crippen LogP contribution in [0.25, 0.3) is 11.5 Å². The molecule has 0 atom stereocenters. The van der Waals surface area contributed by atoms with Crippen molar-refractivity contribution in [3.05, 3.63) is 35.7 Å². The third-order valence-electron chi connectivity index (χ3n) is 2.84. The molecule has 0 saturated heterocycles. The molecule has 1 aromatic heterocycles. The van der Waals surface area contributed by atoms with Gasteiger partial charge in [0.05, 0.1) is 11.1 Å². The fraction of sp³-hybridized carbons (Fsp3) is 0.308. The SMILES string of the molecule is Cc1nnc(-c2ccccc2C(=O)NC2CC2)o1. The van der Waals surface area contributed by atoms with Gasteiger partial charge in [0.25, 0.3) is 5.91 Å². The van der Waals surface area contributed by atoms with Crippen LogP contribution in [-0.4, -0.2) is 22.1 Å². The van der Waals surface area contributed by atoms with Gasteiger partial charge in [-0.05, 0) is 25.0 Å². The molecule has 0 spiro atoms. The van der Waals surface area contributed by atoms with Crippen LogP contribution in [-0.2, 0) is 0 Å². The molecule has 0 unspecified atom stereocenters. The second-order valence-electron chi connectivity index (χ2n) is 4.42. The second kappa shape index (κ2) is 4.25. The van der Waals surface area contributed by atoms with Crippen LogP contribution in [0.2, 0.25) is 0 Å². The van der Waals surface area contributed by atoms with E-state index >= 15 is 0 Å². The van der Waals surface area contributed by atoms with Crippen molar-refractivity contribution in [2.24, 2.45) is 0 Å². The van der Waals surface area contributed by atoms with Crippen LogP contribution < -0.4 is 5.32 Å². The third kappa shape index (κ3) is 2.11. The average molecular weight is 243 g/mol. The van der Waals surface area contributed by atoms with Crippen molar-refractivity contribution >= 4 is 5.91 Å². The Balaban J connectivity index is 1.96. The Morgan fingerprint density at radius 1 is 1.33 bits per heavy atom. The number of nitrogens with one attached hydrogen (secondary N) is 1. The van der Waals surface area contributed by atoms with E-state index in [0.717, 1.165) is 12.8 Å². The summed E-state index contributed by atoms with van der Waals surface area (Å²) in [7, 11) is 0. The van der Waals surface area contributed by atoms with Gasteiger partial charge in [0.1, 0.15) is 0 Å². The van der Waals surface area contributed by atoms with Crippen LogP contribution >= 0.6 is 0 Å². The normalized spacial score (nSPS) is 14.5. The first-order valence-electron chi connectivity index (χ1n) is 5.94. The molecule has 5 heteroatoms. The fourth-order valence-corrected chi connectivity index (χ4v) is 1.76. The number of hydrogen-bond acceptors (Lipinski definition) is 4. The summed E-state index contributed by atoms with van der Waals surface area (Å²) in [6.07, 6.45) is 2.13. The average Bonchev–Trinajstić information content (AvgIpc) is 3.08. The maximum Gasteiger partial charge on any atom is 0.252 e. The molecule has 1 fully saturated rings. The molecular formula is C13H13N3O2. The Kier molecular flexibility index (Phi) is 2.59. The van der Waals surface area contributed by atoms with Crippen LogP contribution in [0.5, 0.6) is 0 Å². The minimum Gasteiger partial charge on any atom is -0.421 e. The fourth-order valence-electron chi connectivity index (χ4n) is 1.76. The number of carbonyl (C=O) groups excluding carboxylic acids is 1. The van der Waals surface area contributed by atoms with Crippen LogP contribution in [0.4, 0.5) is 0 Å². The van der Waals surface area contributed by atoms with Crippen molar-refractivity contribution in [1.82, 2.24) is 15.5 Å². The number of aromatic nitrogens is 2. The highest BCUT2D eigenvalue weighted by atomic mass is 16.4. The number of hydrogen-bond donors (Lipinski definition) is 1. The monoisotopic (exact) mass is 243 g/mol. The largest absolute Gasteiger partial charge is 0.421 e. The van der Waals surface area contributed by atoms with Gasteiger partial charge in [-0.25, -0.2) is 0 Å². The molecule has 1 aromatic carbocycles. The number of nitrogens with zero attached hydrogens (tertiary/aromatic N) is 2. The van der Waals surface area contributed by atoms with Crippen molar-refractivity contribution in [1.29, 1.82) is 0 Å². The lowest BCUT2D eigenvalue weighted by Gasteiger charge is -2.06. The predicted molar refractivity (Wildman–Crippen MR) is 65.0 cm³/mol. The van der Waals surface area contributed by atoms with Crippen LogP contribution in [0.3, 0.4) is 0 Å². The molecule has 92 valence electrons. The van der Waals surface area contributed by atoms with Crippen molar-refractivity contribution in [2.75, 3.05) is 0 Å². The summed E-state index contributed by atoms with van der Waals surface area (Å²) in [5.74, 6) is 0.792. The van der Waals surface area contributed by atoms with E-state index in [-0.39, 0.29) is 5.91 Å². The smallest absolute Gasteiger partial charge is 0.252 e. The van der Waals surface area contributed by atoms with E-state index in [2.05, 4.69) is 15.5 Å². The summed E-state index contributed by atoms with van der Waals surface area (Å²) in [4.78, 5) is 12.1. The van der Waals surface area contributed by atoms with Crippen LogP contribution in [0, 0.1) is 6.92 Å². The van der Waals surface area contributed by atoms with Gasteiger partial charge in [0.15, 0.2) is 0 Å². The highest BCUT2D eigenvalue weighted by molar-refractivity contribution is 6.00. The Bertz CT molecular complexity index is 587. The number of amides is 1. The summed E-state index contributed by atoms with van der Waals surface area (Å²) < 4.78 is 5.38. The molecule has 0 aliphatic heterocycles. The Hall–Kier alpha value is -2.17. The first-order chi connectivity index (χ1) is 8.74. The first-order valence-corrected chi connectivity index (χ1v) is 5.94. The summed E-state index contributed by atoms with van der Waals surface area (Å²) in [5.41, 5.74) is 1.25. The second-order valence-corrected chi connectivity index (χ2v) is 4.42. The van der Waals surface area contributed by atoms with Gasteiger partial charge in [-0.3, -0.25) is 4.79 Å². The third-order valence-corrected chi connectivity index (χ3v) is 2.84. The van der Waals surface area contributed by atoms with E-state index in [4.69, 9.17) is 4.42 Å². The van der Waals surface area contributed by atoms with E-state index in [1.54, 1.807) is 13.0 Å². The molecule has 1 N–H and O–H groups in total.